The van der Waals surface area contributed by atoms with Crippen LogP contribution in [0.1, 0.15) is 39.5 Å². The Labute approximate surface area is 111 Å². The Balaban J connectivity index is 2.77. The van der Waals surface area contributed by atoms with Crippen LogP contribution in [0.4, 0.5) is 13.2 Å². The van der Waals surface area contributed by atoms with Crippen molar-refractivity contribution in [2.24, 2.45) is 11.8 Å². The molecule has 3 nitrogen and oxygen atoms in total. The normalized spacial score (nSPS) is 26.3. The molecule has 112 valence electrons. The minimum absolute atomic E-state index is 0.108. The van der Waals surface area contributed by atoms with Crippen molar-refractivity contribution in [2.45, 2.75) is 57.8 Å². The summed E-state index contributed by atoms with van der Waals surface area (Å²) >= 11 is 0. The topological polar surface area (TPSA) is 38.3 Å². The van der Waals surface area contributed by atoms with Crippen LogP contribution >= 0.6 is 0 Å². The molecule has 0 aromatic heterocycles. The van der Waals surface area contributed by atoms with E-state index in [0.717, 1.165) is 6.42 Å². The maximum Gasteiger partial charge on any atom is 0.393 e. The third kappa shape index (κ3) is 4.37. The van der Waals surface area contributed by atoms with E-state index in [1.165, 1.54) is 7.11 Å². The van der Waals surface area contributed by atoms with Crippen molar-refractivity contribution in [1.29, 1.82) is 0 Å². The largest absolute Gasteiger partial charge is 0.468 e. The Morgan fingerprint density at radius 1 is 1.26 bits per heavy atom. The van der Waals surface area contributed by atoms with Gasteiger partial charge < -0.3 is 10.1 Å². The highest BCUT2D eigenvalue weighted by atomic mass is 19.4. The zero-order chi connectivity index (χ0) is 14.6. The van der Waals surface area contributed by atoms with Gasteiger partial charge in [0.05, 0.1) is 13.0 Å². The van der Waals surface area contributed by atoms with E-state index in [-0.39, 0.29) is 12.3 Å². The lowest BCUT2D eigenvalue weighted by atomic mass is 9.83. The number of hydrogen-bond donors (Lipinski definition) is 1. The lowest BCUT2D eigenvalue weighted by molar-refractivity contribution is -0.190. The third-order valence-corrected chi connectivity index (χ3v) is 3.70. The average Bonchev–Trinajstić information content (AvgIpc) is 2.34. The summed E-state index contributed by atoms with van der Waals surface area (Å²) in [5.74, 6) is -1.98. The van der Waals surface area contributed by atoms with Gasteiger partial charge in [0.2, 0.25) is 0 Å². The predicted octanol–water partition coefficient (Wildman–Crippen LogP) is 2.89. The summed E-state index contributed by atoms with van der Waals surface area (Å²) in [6, 6.07) is -1.38. The van der Waals surface area contributed by atoms with Gasteiger partial charge in [0, 0.05) is 6.04 Å². The molecule has 19 heavy (non-hydrogen) atoms. The van der Waals surface area contributed by atoms with Crippen LogP contribution in [0, 0.1) is 11.8 Å². The molecule has 1 fully saturated rings. The number of hydrogen-bond acceptors (Lipinski definition) is 3. The lowest BCUT2D eigenvalue weighted by Gasteiger charge is -2.36. The van der Waals surface area contributed by atoms with Gasteiger partial charge in [-0.15, -0.1) is 0 Å². The highest BCUT2D eigenvalue weighted by molar-refractivity contribution is 5.76. The van der Waals surface area contributed by atoms with Crippen molar-refractivity contribution < 1.29 is 22.7 Å². The van der Waals surface area contributed by atoms with Gasteiger partial charge in [-0.2, -0.15) is 13.2 Å². The first-order valence-corrected chi connectivity index (χ1v) is 6.68. The van der Waals surface area contributed by atoms with Crippen LogP contribution in [0.25, 0.3) is 0 Å². The SMILES string of the molecule is COC(=O)[C@@H](NC1CCCCC1C(F)(F)F)C(C)C. The number of carbonyl (C=O) groups is 1. The smallest absolute Gasteiger partial charge is 0.393 e. The second-order valence-corrected chi connectivity index (χ2v) is 5.45. The molecule has 6 heteroatoms. The molecule has 3 atom stereocenters. The zero-order valence-corrected chi connectivity index (χ0v) is 11.6. The zero-order valence-electron chi connectivity index (χ0n) is 11.6. The van der Waals surface area contributed by atoms with Gasteiger partial charge in [0.15, 0.2) is 0 Å². The second kappa shape index (κ2) is 6.59. The summed E-state index contributed by atoms with van der Waals surface area (Å²) < 4.78 is 43.6. The monoisotopic (exact) mass is 281 g/mol. The molecule has 0 aromatic rings. The van der Waals surface area contributed by atoms with Crippen LogP contribution < -0.4 is 5.32 Å². The van der Waals surface area contributed by atoms with Crippen molar-refractivity contribution in [3.63, 3.8) is 0 Å². The molecule has 0 aromatic carbocycles. The summed E-state index contributed by atoms with van der Waals surface area (Å²) in [5, 5.41) is 2.87. The highest BCUT2D eigenvalue weighted by Crippen LogP contribution is 2.38. The quantitative estimate of drug-likeness (QED) is 0.805. The third-order valence-electron chi connectivity index (χ3n) is 3.70. The number of ether oxygens (including phenoxy) is 1. The van der Waals surface area contributed by atoms with Crippen LogP contribution in [-0.4, -0.2) is 31.3 Å². The summed E-state index contributed by atoms with van der Waals surface area (Å²) in [5.41, 5.74) is 0. The van der Waals surface area contributed by atoms with E-state index < -0.39 is 30.1 Å². The number of methoxy groups -OCH3 is 1. The maximum absolute atomic E-state index is 13.0. The van der Waals surface area contributed by atoms with Crippen LogP contribution in [0.5, 0.6) is 0 Å². The number of esters is 1. The number of carbonyl (C=O) groups excluding carboxylic acids is 1. The molecule has 1 aliphatic rings. The molecule has 1 saturated carbocycles. The number of alkyl halides is 3. The lowest BCUT2D eigenvalue weighted by Crippen LogP contribution is -2.53. The first-order valence-electron chi connectivity index (χ1n) is 6.68. The number of halogens is 3. The van der Waals surface area contributed by atoms with Crippen LogP contribution in [0.3, 0.4) is 0 Å². The van der Waals surface area contributed by atoms with Crippen molar-refractivity contribution in [3.8, 4) is 0 Å². The summed E-state index contributed by atoms with van der Waals surface area (Å²) in [7, 11) is 1.25. The molecule has 1 rings (SSSR count). The fourth-order valence-corrected chi connectivity index (χ4v) is 2.61. The fraction of sp³-hybridized carbons (Fsp3) is 0.923. The molecule has 0 radical (unpaired) electrons. The molecule has 1 aliphatic carbocycles. The molecule has 0 heterocycles. The van der Waals surface area contributed by atoms with E-state index in [1.54, 1.807) is 13.8 Å². The molecule has 0 amide bonds. The van der Waals surface area contributed by atoms with Crippen molar-refractivity contribution >= 4 is 5.97 Å². The molecule has 0 bridgehead atoms. The van der Waals surface area contributed by atoms with E-state index in [1.807, 2.05) is 0 Å². The van der Waals surface area contributed by atoms with Gasteiger partial charge in [-0.3, -0.25) is 4.79 Å². The summed E-state index contributed by atoms with van der Waals surface area (Å²) in [4.78, 5) is 11.6. The van der Waals surface area contributed by atoms with Crippen molar-refractivity contribution in [3.05, 3.63) is 0 Å². The van der Waals surface area contributed by atoms with E-state index in [2.05, 4.69) is 10.1 Å². The predicted molar refractivity (Wildman–Crippen MR) is 65.6 cm³/mol. The van der Waals surface area contributed by atoms with Gasteiger partial charge in [-0.1, -0.05) is 26.7 Å². The van der Waals surface area contributed by atoms with Gasteiger partial charge in [0.25, 0.3) is 0 Å². The Kier molecular flexibility index (Phi) is 5.64. The van der Waals surface area contributed by atoms with E-state index in [9.17, 15) is 18.0 Å². The highest BCUT2D eigenvalue weighted by Gasteiger charge is 2.46. The first kappa shape index (κ1) is 16.3. The standard InChI is InChI=1S/C13H22F3NO2/c1-8(2)11(12(18)19-3)17-10-7-5-4-6-9(10)13(14,15)16/h8-11,17H,4-7H2,1-3H3/t9?,10?,11-/m0/s1. The Morgan fingerprint density at radius 2 is 1.84 bits per heavy atom. The Hall–Kier alpha value is -0.780. The Morgan fingerprint density at radius 3 is 2.32 bits per heavy atom. The van der Waals surface area contributed by atoms with Gasteiger partial charge in [0.1, 0.15) is 6.04 Å². The fourth-order valence-electron chi connectivity index (χ4n) is 2.61. The molecule has 0 saturated heterocycles. The van der Waals surface area contributed by atoms with Crippen molar-refractivity contribution in [1.82, 2.24) is 5.32 Å². The van der Waals surface area contributed by atoms with Gasteiger partial charge >= 0.3 is 12.1 Å². The maximum atomic E-state index is 13.0. The van der Waals surface area contributed by atoms with Crippen LogP contribution in [0.15, 0.2) is 0 Å². The number of nitrogens with one attached hydrogen (secondary N) is 1. The molecule has 0 spiro atoms. The first-order chi connectivity index (χ1) is 8.77. The molecular weight excluding hydrogens is 259 g/mol. The van der Waals surface area contributed by atoms with Gasteiger partial charge in [-0.05, 0) is 18.8 Å². The molecule has 2 unspecified atom stereocenters. The minimum Gasteiger partial charge on any atom is -0.468 e. The molecule has 0 aliphatic heterocycles. The van der Waals surface area contributed by atoms with E-state index in [4.69, 9.17) is 0 Å². The van der Waals surface area contributed by atoms with Crippen molar-refractivity contribution in [2.75, 3.05) is 7.11 Å². The van der Waals surface area contributed by atoms with Gasteiger partial charge in [-0.25, -0.2) is 0 Å². The minimum atomic E-state index is -4.21. The second-order valence-electron chi connectivity index (χ2n) is 5.45. The average molecular weight is 281 g/mol. The van der Waals surface area contributed by atoms with E-state index in [0.29, 0.717) is 12.8 Å². The van der Waals surface area contributed by atoms with Crippen LogP contribution in [-0.2, 0) is 9.53 Å². The molecular formula is C13H22F3NO2. The number of rotatable bonds is 4. The van der Waals surface area contributed by atoms with Crippen LogP contribution in [0.2, 0.25) is 0 Å². The molecule has 1 N–H and O–H groups in total. The Bertz CT molecular complexity index is 305. The van der Waals surface area contributed by atoms with E-state index >= 15 is 0 Å². The summed E-state index contributed by atoms with van der Waals surface area (Å²) in [6.07, 6.45) is -2.28. The summed E-state index contributed by atoms with van der Waals surface area (Å²) in [6.45, 7) is 3.58.